The zero-order valence-electron chi connectivity index (χ0n) is 15.5. The van der Waals surface area contributed by atoms with Crippen molar-refractivity contribution in [1.82, 2.24) is 15.1 Å². The van der Waals surface area contributed by atoms with Crippen LogP contribution in [0.3, 0.4) is 0 Å². The first kappa shape index (κ1) is 23.0. The van der Waals surface area contributed by atoms with E-state index in [2.05, 4.69) is 22.0 Å². The third-order valence-corrected chi connectivity index (χ3v) is 5.91. The van der Waals surface area contributed by atoms with Gasteiger partial charge in [-0.1, -0.05) is 6.92 Å². The SMILES string of the molecule is CC(CC(=O)N1CCCC1CN1CCOCC1)C1CCCNC1.Cl.Cl. The van der Waals surface area contributed by atoms with Crippen molar-refractivity contribution >= 4 is 30.7 Å². The van der Waals surface area contributed by atoms with Crippen LogP contribution in [0.2, 0.25) is 0 Å². The molecule has 0 aromatic heterocycles. The molecule has 25 heavy (non-hydrogen) atoms. The summed E-state index contributed by atoms with van der Waals surface area (Å²) in [4.78, 5) is 17.5. The molecule has 0 bridgehead atoms. The molecule has 0 aromatic carbocycles. The molecule has 0 saturated carbocycles. The Morgan fingerprint density at radius 2 is 1.92 bits per heavy atom. The predicted octanol–water partition coefficient (Wildman–Crippen LogP) is 2.18. The molecule has 0 aliphatic carbocycles. The van der Waals surface area contributed by atoms with Crippen LogP contribution in [-0.2, 0) is 9.53 Å². The van der Waals surface area contributed by atoms with Gasteiger partial charge in [0.2, 0.25) is 5.91 Å². The number of nitrogens with zero attached hydrogens (tertiary/aromatic N) is 2. The molecule has 3 aliphatic rings. The number of carbonyl (C=O) groups excluding carboxylic acids is 1. The van der Waals surface area contributed by atoms with E-state index in [-0.39, 0.29) is 24.8 Å². The number of halogens is 2. The van der Waals surface area contributed by atoms with Gasteiger partial charge in [0, 0.05) is 38.6 Å². The van der Waals surface area contributed by atoms with E-state index in [9.17, 15) is 4.79 Å². The van der Waals surface area contributed by atoms with E-state index >= 15 is 0 Å². The van der Waals surface area contributed by atoms with Crippen LogP contribution in [0.1, 0.15) is 39.0 Å². The highest BCUT2D eigenvalue weighted by atomic mass is 35.5. The molecule has 3 unspecified atom stereocenters. The van der Waals surface area contributed by atoms with E-state index in [0.717, 1.165) is 58.9 Å². The first-order valence-electron chi connectivity index (χ1n) is 9.54. The minimum absolute atomic E-state index is 0. The van der Waals surface area contributed by atoms with Gasteiger partial charge in [0.25, 0.3) is 0 Å². The standard InChI is InChI=1S/C18H33N3O2.2ClH/c1-15(16-4-2-6-19-13-16)12-18(22)21-7-3-5-17(21)14-20-8-10-23-11-9-20;;/h15-17,19H,2-14H2,1H3;2*1H. The quantitative estimate of drug-likeness (QED) is 0.774. The second-order valence-electron chi connectivity index (χ2n) is 7.58. The minimum Gasteiger partial charge on any atom is -0.379 e. The summed E-state index contributed by atoms with van der Waals surface area (Å²) in [7, 11) is 0. The molecule has 0 aromatic rings. The summed E-state index contributed by atoms with van der Waals surface area (Å²) in [5.74, 6) is 1.56. The lowest BCUT2D eigenvalue weighted by Gasteiger charge is -2.34. The van der Waals surface area contributed by atoms with E-state index in [1.165, 1.54) is 25.7 Å². The van der Waals surface area contributed by atoms with E-state index in [0.29, 0.717) is 23.8 Å². The Labute approximate surface area is 165 Å². The van der Waals surface area contributed by atoms with Crippen molar-refractivity contribution in [3.63, 3.8) is 0 Å². The summed E-state index contributed by atoms with van der Waals surface area (Å²) in [6, 6.07) is 0.428. The monoisotopic (exact) mass is 395 g/mol. The zero-order chi connectivity index (χ0) is 16.1. The van der Waals surface area contributed by atoms with Gasteiger partial charge >= 0.3 is 0 Å². The Morgan fingerprint density at radius 3 is 2.60 bits per heavy atom. The summed E-state index contributed by atoms with van der Waals surface area (Å²) >= 11 is 0. The fourth-order valence-electron chi connectivity index (χ4n) is 4.36. The molecule has 0 spiro atoms. The van der Waals surface area contributed by atoms with Gasteiger partial charge in [-0.25, -0.2) is 0 Å². The van der Waals surface area contributed by atoms with Gasteiger partial charge in [-0.3, -0.25) is 9.69 Å². The van der Waals surface area contributed by atoms with Crippen LogP contribution in [0, 0.1) is 11.8 Å². The van der Waals surface area contributed by atoms with Crippen LogP contribution in [-0.4, -0.2) is 74.2 Å². The van der Waals surface area contributed by atoms with Gasteiger partial charge in [0.1, 0.15) is 0 Å². The Morgan fingerprint density at radius 1 is 1.16 bits per heavy atom. The Bertz CT molecular complexity index is 389. The number of ether oxygens (including phenoxy) is 1. The summed E-state index contributed by atoms with van der Waals surface area (Å²) < 4.78 is 5.43. The zero-order valence-corrected chi connectivity index (χ0v) is 17.1. The molecule has 148 valence electrons. The second kappa shape index (κ2) is 11.6. The molecule has 3 atom stereocenters. The van der Waals surface area contributed by atoms with Crippen molar-refractivity contribution < 1.29 is 9.53 Å². The van der Waals surface area contributed by atoms with Crippen molar-refractivity contribution in [3.8, 4) is 0 Å². The maximum atomic E-state index is 12.8. The number of rotatable bonds is 5. The van der Waals surface area contributed by atoms with E-state index < -0.39 is 0 Å². The smallest absolute Gasteiger partial charge is 0.223 e. The number of nitrogens with one attached hydrogen (secondary N) is 1. The van der Waals surface area contributed by atoms with Crippen molar-refractivity contribution in [1.29, 1.82) is 0 Å². The van der Waals surface area contributed by atoms with Crippen LogP contribution in [0.25, 0.3) is 0 Å². The van der Waals surface area contributed by atoms with Crippen LogP contribution in [0.4, 0.5) is 0 Å². The largest absolute Gasteiger partial charge is 0.379 e. The average Bonchev–Trinajstić information content (AvgIpc) is 3.05. The number of amides is 1. The molecule has 1 N–H and O–H groups in total. The number of piperidine rings is 1. The van der Waals surface area contributed by atoms with Crippen molar-refractivity contribution in [2.24, 2.45) is 11.8 Å². The number of morpholine rings is 1. The fourth-order valence-corrected chi connectivity index (χ4v) is 4.36. The third-order valence-electron chi connectivity index (χ3n) is 5.91. The maximum Gasteiger partial charge on any atom is 0.223 e. The van der Waals surface area contributed by atoms with Gasteiger partial charge in [-0.2, -0.15) is 0 Å². The Hall–Kier alpha value is -0.0700. The van der Waals surface area contributed by atoms with Crippen LogP contribution in [0.15, 0.2) is 0 Å². The molecular weight excluding hydrogens is 361 g/mol. The van der Waals surface area contributed by atoms with Gasteiger partial charge in [-0.05, 0) is 50.6 Å². The fraction of sp³-hybridized carbons (Fsp3) is 0.944. The highest BCUT2D eigenvalue weighted by Gasteiger charge is 2.32. The van der Waals surface area contributed by atoms with Crippen LogP contribution in [0.5, 0.6) is 0 Å². The summed E-state index contributed by atoms with van der Waals surface area (Å²) in [5.41, 5.74) is 0. The van der Waals surface area contributed by atoms with E-state index in [1.807, 2.05) is 0 Å². The van der Waals surface area contributed by atoms with Gasteiger partial charge in [0.15, 0.2) is 0 Å². The maximum absolute atomic E-state index is 12.8. The van der Waals surface area contributed by atoms with Crippen LogP contribution >= 0.6 is 24.8 Å². The number of hydrogen-bond acceptors (Lipinski definition) is 4. The molecule has 5 nitrogen and oxygen atoms in total. The highest BCUT2D eigenvalue weighted by Crippen LogP contribution is 2.26. The second-order valence-corrected chi connectivity index (χ2v) is 7.58. The molecule has 0 radical (unpaired) electrons. The van der Waals surface area contributed by atoms with Crippen molar-refractivity contribution in [2.45, 2.75) is 45.1 Å². The lowest BCUT2D eigenvalue weighted by molar-refractivity contribution is -0.133. The van der Waals surface area contributed by atoms with Gasteiger partial charge in [0.05, 0.1) is 13.2 Å². The summed E-state index contributed by atoms with van der Waals surface area (Å²) in [6.45, 7) is 10.2. The summed E-state index contributed by atoms with van der Waals surface area (Å²) in [6.07, 6.45) is 5.60. The topological polar surface area (TPSA) is 44.8 Å². The molecule has 3 saturated heterocycles. The van der Waals surface area contributed by atoms with Crippen molar-refractivity contribution in [2.75, 3.05) is 52.5 Å². The molecule has 3 fully saturated rings. The molecule has 3 rings (SSSR count). The lowest BCUT2D eigenvalue weighted by Crippen LogP contribution is -2.47. The molecule has 3 heterocycles. The Balaban J connectivity index is 0.00000156. The van der Waals surface area contributed by atoms with E-state index in [1.54, 1.807) is 0 Å². The lowest BCUT2D eigenvalue weighted by atomic mass is 9.85. The third kappa shape index (κ3) is 6.55. The predicted molar refractivity (Wildman–Crippen MR) is 106 cm³/mol. The van der Waals surface area contributed by atoms with Gasteiger partial charge < -0.3 is 15.0 Å². The summed E-state index contributed by atoms with van der Waals surface area (Å²) in [5, 5.41) is 3.48. The number of likely N-dealkylation sites (tertiary alicyclic amines) is 1. The normalized spacial score (nSPS) is 28.8. The average molecular weight is 396 g/mol. The molecule has 7 heteroatoms. The van der Waals surface area contributed by atoms with Crippen molar-refractivity contribution in [3.05, 3.63) is 0 Å². The number of carbonyl (C=O) groups is 1. The molecule has 3 aliphatic heterocycles. The molecular formula is C18H35Cl2N3O2. The first-order valence-corrected chi connectivity index (χ1v) is 9.54. The first-order chi connectivity index (χ1) is 11.2. The van der Waals surface area contributed by atoms with E-state index in [4.69, 9.17) is 4.74 Å². The molecule has 1 amide bonds. The van der Waals surface area contributed by atoms with Gasteiger partial charge in [-0.15, -0.1) is 24.8 Å². The minimum atomic E-state index is 0. The Kier molecular flexibility index (Phi) is 10.7. The van der Waals surface area contributed by atoms with Crippen LogP contribution < -0.4 is 5.32 Å². The highest BCUT2D eigenvalue weighted by molar-refractivity contribution is 5.85. The number of hydrogen-bond donors (Lipinski definition) is 1.